The zero-order chi connectivity index (χ0) is 13.0. The van der Waals surface area contributed by atoms with Crippen molar-refractivity contribution < 1.29 is 18.0 Å². The van der Waals surface area contributed by atoms with Crippen molar-refractivity contribution in [2.24, 2.45) is 0 Å². The van der Waals surface area contributed by atoms with Gasteiger partial charge in [-0.1, -0.05) is 0 Å². The number of hydrogen-bond donors (Lipinski definition) is 2. The molecule has 0 fully saturated rings. The molecule has 0 aliphatic carbocycles. The quantitative estimate of drug-likeness (QED) is 0.787. The first-order chi connectivity index (χ1) is 6.99. The zero-order valence-corrected chi connectivity index (χ0v) is 10.0. The summed E-state index contributed by atoms with van der Waals surface area (Å²) in [6.07, 6.45) is -5.25. The number of carbonyl (C=O) groups is 1. The molecular weight excluding hydrogens is 221 g/mol. The van der Waals surface area contributed by atoms with Gasteiger partial charge in [0.15, 0.2) is 0 Å². The van der Waals surface area contributed by atoms with Gasteiger partial charge in [0.2, 0.25) is 5.91 Å². The standard InChI is InChI=1S/C10H19F3N2O/c1-7(5-10(11,12)13)15-8(16)6-14-9(2,3)4/h7,14H,5-6H2,1-4H3,(H,15,16). The van der Waals surface area contributed by atoms with Gasteiger partial charge in [-0.3, -0.25) is 4.79 Å². The average Bonchev–Trinajstić information content (AvgIpc) is 1.95. The highest BCUT2D eigenvalue weighted by Crippen LogP contribution is 2.21. The molecule has 0 aromatic carbocycles. The fourth-order valence-corrected chi connectivity index (χ4v) is 1.07. The lowest BCUT2D eigenvalue weighted by Crippen LogP contribution is -2.46. The molecule has 6 heteroatoms. The van der Waals surface area contributed by atoms with Crippen LogP contribution in [0.3, 0.4) is 0 Å². The van der Waals surface area contributed by atoms with Crippen LogP contribution in [0.1, 0.15) is 34.1 Å². The summed E-state index contributed by atoms with van der Waals surface area (Å²) in [6, 6.07) is -0.894. The van der Waals surface area contributed by atoms with Crippen LogP contribution in [0.15, 0.2) is 0 Å². The number of alkyl halides is 3. The minimum Gasteiger partial charge on any atom is -0.352 e. The van der Waals surface area contributed by atoms with E-state index in [1.165, 1.54) is 6.92 Å². The van der Waals surface area contributed by atoms with Gasteiger partial charge < -0.3 is 10.6 Å². The smallest absolute Gasteiger partial charge is 0.352 e. The molecule has 96 valence electrons. The van der Waals surface area contributed by atoms with Crippen molar-refractivity contribution in [1.82, 2.24) is 10.6 Å². The molecule has 2 N–H and O–H groups in total. The number of carbonyl (C=O) groups excluding carboxylic acids is 1. The van der Waals surface area contributed by atoms with Crippen molar-refractivity contribution in [3.05, 3.63) is 0 Å². The summed E-state index contributed by atoms with van der Waals surface area (Å²) in [6.45, 7) is 6.98. The van der Waals surface area contributed by atoms with Gasteiger partial charge >= 0.3 is 6.18 Å². The third-order valence-electron chi connectivity index (χ3n) is 1.72. The lowest BCUT2D eigenvalue weighted by molar-refractivity contribution is -0.141. The molecule has 0 bridgehead atoms. The summed E-state index contributed by atoms with van der Waals surface area (Å²) in [5, 5.41) is 5.18. The first-order valence-electron chi connectivity index (χ1n) is 5.11. The number of amides is 1. The summed E-state index contributed by atoms with van der Waals surface area (Å²) < 4.78 is 35.9. The van der Waals surface area contributed by atoms with Crippen molar-refractivity contribution in [3.8, 4) is 0 Å². The molecule has 0 saturated heterocycles. The molecule has 1 atom stereocenters. The van der Waals surface area contributed by atoms with Crippen LogP contribution in [0.25, 0.3) is 0 Å². The van der Waals surface area contributed by atoms with Gasteiger partial charge in [-0.05, 0) is 27.7 Å². The van der Waals surface area contributed by atoms with Gasteiger partial charge in [0.05, 0.1) is 13.0 Å². The lowest BCUT2D eigenvalue weighted by Gasteiger charge is -2.21. The summed E-state index contributed by atoms with van der Waals surface area (Å²) in [5.74, 6) is -0.424. The molecule has 0 radical (unpaired) electrons. The molecule has 3 nitrogen and oxygen atoms in total. The molecule has 0 aliphatic heterocycles. The van der Waals surface area contributed by atoms with Gasteiger partial charge in [0, 0.05) is 11.6 Å². The topological polar surface area (TPSA) is 41.1 Å². The summed E-state index contributed by atoms with van der Waals surface area (Å²) in [7, 11) is 0. The Kier molecular flexibility index (Phi) is 5.25. The zero-order valence-electron chi connectivity index (χ0n) is 10.0. The Labute approximate surface area is 93.8 Å². The molecule has 1 unspecified atom stereocenters. The van der Waals surface area contributed by atoms with E-state index in [0.717, 1.165) is 0 Å². The Hall–Kier alpha value is -0.780. The van der Waals surface area contributed by atoms with Crippen LogP contribution in [0.4, 0.5) is 13.2 Å². The molecule has 0 aliphatic rings. The van der Waals surface area contributed by atoms with Crippen molar-refractivity contribution >= 4 is 5.91 Å². The van der Waals surface area contributed by atoms with Crippen LogP contribution in [0.5, 0.6) is 0 Å². The third-order valence-corrected chi connectivity index (χ3v) is 1.72. The fraction of sp³-hybridized carbons (Fsp3) is 0.900. The lowest BCUT2D eigenvalue weighted by atomic mass is 10.1. The Morgan fingerprint density at radius 1 is 1.25 bits per heavy atom. The van der Waals surface area contributed by atoms with E-state index < -0.39 is 24.5 Å². The SMILES string of the molecule is CC(CC(F)(F)F)NC(=O)CNC(C)(C)C. The van der Waals surface area contributed by atoms with Gasteiger partial charge in [0.1, 0.15) is 0 Å². The van der Waals surface area contributed by atoms with Crippen molar-refractivity contribution in [2.75, 3.05) is 6.54 Å². The molecule has 0 rings (SSSR count). The van der Waals surface area contributed by atoms with E-state index in [1.54, 1.807) is 0 Å². The molecule has 0 spiro atoms. The van der Waals surface area contributed by atoms with Crippen molar-refractivity contribution in [2.45, 2.75) is 51.9 Å². The summed E-state index contributed by atoms with van der Waals surface area (Å²) in [5.41, 5.74) is -0.232. The second kappa shape index (κ2) is 5.52. The van der Waals surface area contributed by atoms with Crippen molar-refractivity contribution in [1.29, 1.82) is 0 Å². The predicted octanol–water partition coefficient (Wildman–Crippen LogP) is 1.83. The van der Waals surface area contributed by atoms with Crippen LogP contribution >= 0.6 is 0 Å². The van der Waals surface area contributed by atoms with E-state index in [4.69, 9.17) is 0 Å². The van der Waals surface area contributed by atoms with Crippen LogP contribution in [0, 0.1) is 0 Å². The monoisotopic (exact) mass is 240 g/mol. The Bertz CT molecular complexity index is 233. The van der Waals surface area contributed by atoms with Crippen LogP contribution < -0.4 is 10.6 Å². The molecular formula is C10H19F3N2O. The first kappa shape index (κ1) is 15.2. The molecule has 0 saturated carbocycles. The highest BCUT2D eigenvalue weighted by molar-refractivity contribution is 5.78. The predicted molar refractivity (Wildman–Crippen MR) is 56.0 cm³/mol. The Morgan fingerprint density at radius 3 is 2.12 bits per heavy atom. The van der Waals surface area contributed by atoms with Gasteiger partial charge in [-0.15, -0.1) is 0 Å². The average molecular weight is 240 g/mol. The Morgan fingerprint density at radius 2 is 1.75 bits per heavy atom. The van der Waals surface area contributed by atoms with E-state index in [-0.39, 0.29) is 12.1 Å². The fourth-order valence-electron chi connectivity index (χ4n) is 1.07. The minimum atomic E-state index is -4.25. The van der Waals surface area contributed by atoms with E-state index in [1.807, 2.05) is 20.8 Å². The largest absolute Gasteiger partial charge is 0.391 e. The maximum atomic E-state index is 12.0. The number of rotatable bonds is 4. The minimum absolute atomic E-state index is 0.0195. The summed E-state index contributed by atoms with van der Waals surface area (Å²) >= 11 is 0. The third kappa shape index (κ3) is 9.76. The maximum Gasteiger partial charge on any atom is 0.391 e. The number of nitrogens with one attached hydrogen (secondary N) is 2. The van der Waals surface area contributed by atoms with E-state index >= 15 is 0 Å². The van der Waals surface area contributed by atoms with E-state index in [9.17, 15) is 18.0 Å². The molecule has 0 heterocycles. The number of hydrogen-bond acceptors (Lipinski definition) is 2. The van der Waals surface area contributed by atoms with E-state index in [2.05, 4.69) is 10.6 Å². The second-order valence-electron chi connectivity index (χ2n) is 4.89. The van der Waals surface area contributed by atoms with Crippen LogP contribution in [0.2, 0.25) is 0 Å². The van der Waals surface area contributed by atoms with Crippen LogP contribution in [-0.2, 0) is 4.79 Å². The first-order valence-corrected chi connectivity index (χ1v) is 5.11. The van der Waals surface area contributed by atoms with Gasteiger partial charge in [-0.25, -0.2) is 0 Å². The Balaban J connectivity index is 3.88. The molecule has 16 heavy (non-hydrogen) atoms. The van der Waals surface area contributed by atoms with Gasteiger partial charge in [-0.2, -0.15) is 13.2 Å². The number of halogens is 3. The highest BCUT2D eigenvalue weighted by Gasteiger charge is 2.30. The molecule has 1 amide bonds. The molecule has 0 aromatic heterocycles. The maximum absolute atomic E-state index is 12.0. The summed E-state index contributed by atoms with van der Waals surface area (Å²) in [4.78, 5) is 11.2. The normalized spacial score (nSPS) is 14.7. The highest BCUT2D eigenvalue weighted by atomic mass is 19.4. The van der Waals surface area contributed by atoms with Crippen LogP contribution in [-0.4, -0.2) is 30.2 Å². The molecule has 0 aromatic rings. The second-order valence-corrected chi connectivity index (χ2v) is 4.89. The van der Waals surface area contributed by atoms with E-state index in [0.29, 0.717) is 0 Å². The van der Waals surface area contributed by atoms with Crippen molar-refractivity contribution in [3.63, 3.8) is 0 Å². The van der Waals surface area contributed by atoms with Gasteiger partial charge in [0.25, 0.3) is 0 Å².